The topological polar surface area (TPSA) is 39.3 Å². The molecule has 106 valence electrons. The molecule has 0 spiro atoms. The summed E-state index contributed by atoms with van der Waals surface area (Å²) in [5.41, 5.74) is 2.31. The van der Waals surface area contributed by atoms with Gasteiger partial charge in [-0.1, -0.05) is 7.43 Å². The number of nitrogens with zero attached hydrogens (tertiary/aromatic N) is 2. The number of likely N-dealkylation sites (tertiary alicyclic amines) is 1. The van der Waals surface area contributed by atoms with Gasteiger partial charge in [0.15, 0.2) is 5.43 Å². The molecule has 2 aliphatic rings. The number of hydrogen-bond donors (Lipinski definition) is 1. The van der Waals surface area contributed by atoms with Gasteiger partial charge in [0.2, 0.25) is 0 Å². The molecule has 1 aromatic heterocycles. The van der Waals surface area contributed by atoms with E-state index in [0.29, 0.717) is 0 Å². The van der Waals surface area contributed by atoms with Crippen molar-refractivity contribution in [3.05, 3.63) is 33.7 Å². The van der Waals surface area contributed by atoms with Gasteiger partial charge in [0.25, 0.3) is 0 Å². The van der Waals surface area contributed by atoms with Crippen LogP contribution in [0.15, 0.2) is 17.1 Å². The first-order valence-corrected chi connectivity index (χ1v) is 6.83. The second kappa shape index (κ2) is 5.88. The molecule has 1 aromatic rings. The highest BCUT2D eigenvalue weighted by molar-refractivity contribution is 5.22. The molecule has 2 aliphatic heterocycles. The maximum atomic E-state index is 11.8. The molecular weight excluding hydrogens is 238 g/mol. The summed E-state index contributed by atoms with van der Waals surface area (Å²) in [7, 11) is 2.17. The summed E-state index contributed by atoms with van der Waals surface area (Å²) < 4.78 is 0. The fraction of sp³-hybridized carbons (Fsp3) is 0.667. The average molecular weight is 263 g/mol. The Balaban J connectivity index is 0.00000133. The van der Waals surface area contributed by atoms with Crippen LogP contribution in [0.2, 0.25) is 0 Å². The second-order valence-corrected chi connectivity index (χ2v) is 5.70. The van der Waals surface area contributed by atoms with Crippen molar-refractivity contribution in [2.45, 2.75) is 26.8 Å². The van der Waals surface area contributed by atoms with E-state index in [2.05, 4.69) is 21.8 Å². The molecule has 3 heterocycles. The van der Waals surface area contributed by atoms with Crippen molar-refractivity contribution >= 4 is 0 Å². The van der Waals surface area contributed by atoms with Crippen molar-refractivity contribution < 1.29 is 0 Å². The van der Waals surface area contributed by atoms with E-state index >= 15 is 0 Å². The maximum absolute atomic E-state index is 11.8. The third-order valence-corrected chi connectivity index (χ3v) is 4.21. The Kier molecular flexibility index (Phi) is 4.42. The van der Waals surface area contributed by atoms with Crippen LogP contribution in [0.4, 0.5) is 0 Å². The van der Waals surface area contributed by atoms with E-state index in [1.165, 1.54) is 19.5 Å². The van der Waals surface area contributed by atoms with Crippen LogP contribution in [0.3, 0.4) is 0 Å². The van der Waals surface area contributed by atoms with Crippen LogP contribution >= 0.6 is 0 Å². The first-order valence-electron chi connectivity index (χ1n) is 6.83. The van der Waals surface area contributed by atoms with Crippen LogP contribution in [-0.4, -0.2) is 48.0 Å². The largest absolute Gasteiger partial charge is 0.364 e. The normalized spacial score (nSPS) is 20.5. The zero-order chi connectivity index (χ0) is 12.5. The van der Waals surface area contributed by atoms with Gasteiger partial charge in [0.1, 0.15) is 0 Å². The van der Waals surface area contributed by atoms with Gasteiger partial charge in [0.05, 0.1) is 0 Å². The Labute approximate surface area is 115 Å². The number of fused-ring (bicyclic) bond motifs is 1. The van der Waals surface area contributed by atoms with Gasteiger partial charge in [-0.2, -0.15) is 0 Å². The molecule has 0 unspecified atom stereocenters. The second-order valence-electron chi connectivity index (χ2n) is 5.70. The summed E-state index contributed by atoms with van der Waals surface area (Å²) in [6, 6.07) is 1.64. The standard InChI is InChI=1S/C14H21N3O.CH4/c1-16-8-11(9-16)3-6-17-7-4-13-12(10-17)14(18)2-5-15-13;/h2,5,11H,3-4,6-10H2,1H3,(H,15,18);1H4. The lowest BCUT2D eigenvalue weighted by Gasteiger charge is -2.38. The zero-order valence-electron chi connectivity index (χ0n) is 11.0. The van der Waals surface area contributed by atoms with Crippen molar-refractivity contribution in [1.82, 2.24) is 14.8 Å². The Bertz CT molecular complexity index is 477. The highest BCUT2D eigenvalue weighted by Crippen LogP contribution is 2.19. The number of rotatable bonds is 3. The Morgan fingerprint density at radius 2 is 2.21 bits per heavy atom. The number of aromatic nitrogens is 1. The van der Waals surface area contributed by atoms with E-state index in [0.717, 1.165) is 43.2 Å². The van der Waals surface area contributed by atoms with Crippen LogP contribution < -0.4 is 5.43 Å². The predicted molar refractivity (Wildman–Crippen MR) is 78.4 cm³/mol. The third kappa shape index (κ3) is 3.07. The lowest BCUT2D eigenvalue weighted by atomic mass is 9.96. The molecule has 0 bridgehead atoms. The van der Waals surface area contributed by atoms with Crippen molar-refractivity contribution in [3.8, 4) is 0 Å². The lowest BCUT2D eigenvalue weighted by Crippen LogP contribution is -2.45. The molecule has 0 atom stereocenters. The highest BCUT2D eigenvalue weighted by atomic mass is 16.1. The number of hydrogen-bond acceptors (Lipinski definition) is 3. The highest BCUT2D eigenvalue weighted by Gasteiger charge is 2.25. The Morgan fingerprint density at radius 3 is 2.95 bits per heavy atom. The number of aromatic amines is 1. The van der Waals surface area contributed by atoms with Crippen LogP contribution in [0.25, 0.3) is 0 Å². The summed E-state index contributed by atoms with van der Waals surface area (Å²) in [4.78, 5) is 19.8. The fourth-order valence-corrected chi connectivity index (χ4v) is 3.09. The first kappa shape index (κ1) is 14.3. The van der Waals surface area contributed by atoms with E-state index in [9.17, 15) is 4.79 Å². The van der Waals surface area contributed by atoms with E-state index in [-0.39, 0.29) is 12.9 Å². The fourth-order valence-electron chi connectivity index (χ4n) is 3.09. The van der Waals surface area contributed by atoms with Crippen molar-refractivity contribution in [3.63, 3.8) is 0 Å². The molecule has 0 saturated carbocycles. The van der Waals surface area contributed by atoms with E-state index in [1.54, 1.807) is 12.3 Å². The molecule has 0 amide bonds. The average Bonchev–Trinajstić information content (AvgIpc) is 2.34. The summed E-state index contributed by atoms with van der Waals surface area (Å²) in [5, 5.41) is 0. The third-order valence-electron chi connectivity index (χ3n) is 4.21. The lowest BCUT2D eigenvalue weighted by molar-refractivity contribution is 0.109. The summed E-state index contributed by atoms with van der Waals surface area (Å²) >= 11 is 0. The van der Waals surface area contributed by atoms with Crippen molar-refractivity contribution in [1.29, 1.82) is 0 Å². The minimum atomic E-state index is 0. The molecule has 1 saturated heterocycles. The van der Waals surface area contributed by atoms with Crippen LogP contribution in [0.5, 0.6) is 0 Å². The van der Waals surface area contributed by atoms with Gasteiger partial charge in [-0.25, -0.2) is 0 Å². The molecule has 0 radical (unpaired) electrons. The molecular formula is C15H25N3O. The summed E-state index contributed by atoms with van der Waals surface area (Å²) in [6.45, 7) is 5.52. The SMILES string of the molecule is C.CN1CC(CCN2CCc3[nH]ccc(=O)c3C2)C1. The molecule has 0 aliphatic carbocycles. The Morgan fingerprint density at radius 1 is 1.42 bits per heavy atom. The summed E-state index contributed by atoms with van der Waals surface area (Å²) in [6.07, 6.45) is 4.02. The van der Waals surface area contributed by atoms with Gasteiger partial charge in [-0.15, -0.1) is 0 Å². The first-order chi connectivity index (χ1) is 8.72. The minimum absolute atomic E-state index is 0. The maximum Gasteiger partial charge on any atom is 0.186 e. The van der Waals surface area contributed by atoms with E-state index < -0.39 is 0 Å². The molecule has 3 rings (SSSR count). The molecule has 1 fully saturated rings. The van der Waals surface area contributed by atoms with Gasteiger partial charge >= 0.3 is 0 Å². The number of pyridine rings is 1. The van der Waals surface area contributed by atoms with Gasteiger partial charge < -0.3 is 9.88 Å². The molecule has 0 aromatic carbocycles. The predicted octanol–water partition coefficient (Wildman–Crippen LogP) is 1.32. The van der Waals surface area contributed by atoms with Crippen LogP contribution in [0, 0.1) is 5.92 Å². The molecule has 19 heavy (non-hydrogen) atoms. The quantitative estimate of drug-likeness (QED) is 0.894. The molecule has 4 heteroatoms. The van der Waals surface area contributed by atoms with Gasteiger partial charge in [-0.3, -0.25) is 9.69 Å². The zero-order valence-corrected chi connectivity index (χ0v) is 11.0. The van der Waals surface area contributed by atoms with E-state index in [4.69, 9.17) is 0 Å². The molecule has 4 nitrogen and oxygen atoms in total. The summed E-state index contributed by atoms with van der Waals surface area (Å²) in [5.74, 6) is 0.866. The smallest absolute Gasteiger partial charge is 0.186 e. The number of nitrogens with one attached hydrogen (secondary N) is 1. The van der Waals surface area contributed by atoms with Crippen molar-refractivity contribution in [2.75, 3.05) is 33.2 Å². The van der Waals surface area contributed by atoms with Crippen LogP contribution in [-0.2, 0) is 13.0 Å². The Hall–Kier alpha value is -1.13. The number of H-pyrrole nitrogens is 1. The van der Waals surface area contributed by atoms with Crippen molar-refractivity contribution in [2.24, 2.45) is 5.92 Å². The minimum Gasteiger partial charge on any atom is -0.364 e. The molecule has 1 N–H and O–H groups in total. The van der Waals surface area contributed by atoms with Crippen LogP contribution in [0.1, 0.15) is 25.1 Å². The van der Waals surface area contributed by atoms with E-state index in [1.807, 2.05) is 0 Å². The van der Waals surface area contributed by atoms with Gasteiger partial charge in [-0.05, 0) is 25.9 Å². The van der Waals surface area contributed by atoms with Gasteiger partial charge in [0, 0.05) is 56.1 Å². The monoisotopic (exact) mass is 263 g/mol.